The lowest BCUT2D eigenvalue weighted by Gasteiger charge is -2.19. The third kappa shape index (κ3) is 5.36. The first-order valence-corrected chi connectivity index (χ1v) is 8.48. The standard InChI is InChI=1S/C19H29NO2/c1-19(2,3)15-10-12-17(13-11-15)22-14-18(21)20-16-8-6-4-5-7-9-16/h10-13,16H,4-9,14H2,1-3H3,(H,20,21). The molecular weight excluding hydrogens is 274 g/mol. The highest BCUT2D eigenvalue weighted by Gasteiger charge is 2.15. The van der Waals surface area contributed by atoms with Gasteiger partial charge in [-0.1, -0.05) is 58.6 Å². The van der Waals surface area contributed by atoms with Crippen LogP contribution in [0.25, 0.3) is 0 Å². The Morgan fingerprint density at radius 2 is 1.68 bits per heavy atom. The Hall–Kier alpha value is -1.51. The van der Waals surface area contributed by atoms with Crippen LogP contribution in [0.2, 0.25) is 0 Å². The molecule has 0 radical (unpaired) electrons. The minimum atomic E-state index is -0.00759. The Labute approximate surface area is 134 Å². The van der Waals surface area contributed by atoms with Crippen molar-refractivity contribution in [2.75, 3.05) is 6.61 Å². The summed E-state index contributed by atoms with van der Waals surface area (Å²) in [5.74, 6) is 0.746. The van der Waals surface area contributed by atoms with Gasteiger partial charge in [0.1, 0.15) is 5.75 Å². The van der Waals surface area contributed by atoms with Crippen LogP contribution in [0.15, 0.2) is 24.3 Å². The van der Waals surface area contributed by atoms with Gasteiger partial charge < -0.3 is 10.1 Å². The molecule has 0 aliphatic heterocycles. The van der Waals surface area contributed by atoms with E-state index >= 15 is 0 Å². The SMILES string of the molecule is CC(C)(C)c1ccc(OCC(=O)NC2CCCCCC2)cc1. The summed E-state index contributed by atoms with van der Waals surface area (Å²) in [6.07, 6.45) is 7.24. The number of hydrogen-bond donors (Lipinski definition) is 1. The number of benzene rings is 1. The highest BCUT2D eigenvalue weighted by molar-refractivity contribution is 5.77. The van der Waals surface area contributed by atoms with E-state index in [0.717, 1.165) is 18.6 Å². The zero-order valence-corrected chi connectivity index (χ0v) is 14.2. The summed E-state index contributed by atoms with van der Waals surface area (Å²) in [5.41, 5.74) is 1.40. The van der Waals surface area contributed by atoms with Gasteiger partial charge in [-0.05, 0) is 36.0 Å². The Morgan fingerprint density at radius 3 is 2.23 bits per heavy atom. The zero-order chi connectivity index (χ0) is 16.0. The van der Waals surface area contributed by atoms with Crippen LogP contribution in [0.4, 0.5) is 0 Å². The second-order valence-electron chi connectivity index (χ2n) is 7.32. The van der Waals surface area contributed by atoms with E-state index in [4.69, 9.17) is 4.74 Å². The number of carbonyl (C=O) groups is 1. The van der Waals surface area contributed by atoms with Crippen LogP contribution in [0.3, 0.4) is 0 Å². The average Bonchev–Trinajstić information content (AvgIpc) is 2.73. The topological polar surface area (TPSA) is 38.3 Å². The number of hydrogen-bond acceptors (Lipinski definition) is 2. The fourth-order valence-electron chi connectivity index (χ4n) is 2.89. The van der Waals surface area contributed by atoms with Crippen LogP contribution in [0.5, 0.6) is 5.75 Å². The largest absolute Gasteiger partial charge is 0.484 e. The molecule has 2 rings (SSSR count). The normalized spacial score (nSPS) is 16.9. The summed E-state index contributed by atoms with van der Waals surface area (Å²) in [7, 11) is 0. The van der Waals surface area contributed by atoms with E-state index in [9.17, 15) is 4.79 Å². The third-order valence-electron chi connectivity index (χ3n) is 4.31. The molecule has 3 nitrogen and oxygen atoms in total. The molecule has 0 atom stereocenters. The summed E-state index contributed by atoms with van der Waals surface area (Å²) in [4.78, 5) is 12.0. The van der Waals surface area contributed by atoms with E-state index in [1.54, 1.807) is 0 Å². The van der Waals surface area contributed by atoms with Gasteiger partial charge in [-0.2, -0.15) is 0 Å². The molecule has 1 aliphatic rings. The van der Waals surface area contributed by atoms with Crippen molar-refractivity contribution >= 4 is 5.91 Å². The molecule has 0 saturated heterocycles. The second kappa shape index (κ2) is 7.66. The van der Waals surface area contributed by atoms with Crippen LogP contribution >= 0.6 is 0 Å². The quantitative estimate of drug-likeness (QED) is 0.847. The first kappa shape index (κ1) is 16.9. The first-order chi connectivity index (χ1) is 10.4. The second-order valence-corrected chi connectivity index (χ2v) is 7.32. The van der Waals surface area contributed by atoms with E-state index in [2.05, 4.69) is 38.2 Å². The number of amides is 1. The smallest absolute Gasteiger partial charge is 0.258 e. The van der Waals surface area contributed by atoms with Crippen molar-refractivity contribution < 1.29 is 9.53 Å². The van der Waals surface area contributed by atoms with Crippen molar-refractivity contribution in [2.45, 2.75) is 70.8 Å². The van der Waals surface area contributed by atoms with Crippen LogP contribution in [0.1, 0.15) is 64.9 Å². The lowest BCUT2D eigenvalue weighted by molar-refractivity contribution is -0.123. The van der Waals surface area contributed by atoms with Crippen molar-refractivity contribution in [3.63, 3.8) is 0 Å². The number of carbonyl (C=O) groups excluding carboxylic acids is 1. The maximum Gasteiger partial charge on any atom is 0.258 e. The minimum absolute atomic E-state index is 0.00759. The predicted molar refractivity (Wildman–Crippen MR) is 90.3 cm³/mol. The van der Waals surface area contributed by atoms with Crippen molar-refractivity contribution in [2.24, 2.45) is 0 Å². The van der Waals surface area contributed by atoms with Gasteiger partial charge in [0.05, 0.1) is 0 Å². The maximum absolute atomic E-state index is 12.0. The summed E-state index contributed by atoms with van der Waals surface area (Å²) in [6, 6.07) is 8.36. The van der Waals surface area contributed by atoms with Crippen LogP contribution in [-0.2, 0) is 10.2 Å². The molecule has 0 unspecified atom stereocenters. The van der Waals surface area contributed by atoms with E-state index in [1.165, 1.54) is 31.2 Å². The molecule has 1 N–H and O–H groups in total. The summed E-state index contributed by atoms with van der Waals surface area (Å²) >= 11 is 0. The number of nitrogens with one attached hydrogen (secondary N) is 1. The fourth-order valence-corrected chi connectivity index (χ4v) is 2.89. The summed E-state index contributed by atoms with van der Waals surface area (Å²) < 4.78 is 5.60. The molecule has 1 saturated carbocycles. The molecule has 1 aromatic carbocycles. The molecule has 3 heteroatoms. The van der Waals surface area contributed by atoms with E-state index in [-0.39, 0.29) is 17.9 Å². The van der Waals surface area contributed by atoms with Crippen LogP contribution < -0.4 is 10.1 Å². The van der Waals surface area contributed by atoms with Gasteiger partial charge in [0.25, 0.3) is 5.91 Å². The van der Waals surface area contributed by atoms with Gasteiger partial charge >= 0.3 is 0 Å². The van der Waals surface area contributed by atoms with Crippen molar-refractivity contribution in [3.05, 3.63) is 29.8 Å². The Morgan fingerprint density at radius 1 is 1.09 bits per heavy atom. The fraction of sp³-hybridized carbons (Fsp3) is 0.632. The van der Waals surface area contributed by atoms with Gasteiger partial charge in [0.2, 0.25) is 0 Å². The van der Waals surface area contributed by atoms with Gasteiger partial charge in [-0.3, -0.25) is 4.79 Å². The van der Waals surface area contributed by atoms with Crippen LogP contribution in [0, 0.1) is 0 Å². The Balaban J connectivity index is 1.78. The maximum atomic E-state index is 12.0. The van der Waals surface area contributed by atoms with Crippen molar-refractivity contribution in [3.8, 4) is 5.75 Å². The molecule has 0 spiro atoms. The molecule has 122 valence electrons. The Kier molecular flexibility index (Phi) is 5.87. The molecule has 0 heterocycles. The van der Waals surface area contributed by atoms with Crippen molar-refractivity contribution in [1.82, 2.24) is 5.32 Å². The molecule has 22 heavy (non-hydrogen) atoms. The molecule has 1 fully saturated rings. The average molecular weight is 303 g/mol. The highest BCUT2D eigenvalue weighted by Crippen LogP contribution is 2.24. The summed E-state index contributed by atoms with van der Waals surface area (Å²) in [5, 5.41) is 3.10. The van der Waals surface area contributed by atoms with E-state index in [0.29, 0.717) is 6.04 Å². The summed E-state index contributed by atoms with van der Waals surface area (Å²) in [6.45, 7) is 6.65. The van der Waals surface area contributed by atoms with Crippen molar-refractivity contribution in [1.29, 1.82) is 0 Å². The minimum Gasteiger partial charge on any atom is -0.484 e. The highest BCUT2D eigenvalue weighted by atomic mass is 16.5. The lowest BCUT2D eigenvalue weighted by atomic mass is 9.87. The molecule has 0 aromatic heterocycles. The lowest BCUT2D eigenvalue weighted by Crippen LogP contribution is -2.37. The Bertz CT molecular complexity index is 465. The molecule has 0 bridgehead atoms. The monoisotopic (exact) mass is 303 g/mol. The van der Waals surface area contributed by atoms with E-state index in [1.807, 2.05) is 12.1 Å². The molecular formula is C19H29NO2. The first-order valence-electron chi connectivity index (χ1n) is 8.48. The van der Waals surface area contributed by atoms with E-state index < -0.39 is 0 Å². The van der Waals surface area contributed by atoms with Gasteiger partial charge in [-0.25, -0.2) is 0 Å². The predicted octanol–water partition coefficient (Wildman–Crippen LogP) is 4.20. The zero-order valence-electron chi connectivity index (χ0n) is 14.2. The number of rotatable bonds is 4. The molecule has 1 amide bonds. The van der Waals surface area contributed by atoms with Gasteiger partial charge in [0.15, 0.2) is 6.61 Å². The van der Waals surface area contributed by atoms with Crippen LogP contribution in [-0.4, -0.2) is 18.6 Å². The third-order valence-corrected chi connectivity index (χ3v) is 4.31. The molecule has 1 aliphatic carbocycles. The van der Waals surface area contributed by atoms with Gasteiger partial charge in [-0.15, -0.1) is 0 Å². The number of ether oxygens (including phenoxy) is 1. The van der Waals surface area contributed by atoms with Gasteiger partial charge in [0, 0.05) is 6.04 Å². The molecule has 1 aromatic rings.